The molecule has 9 heteroatoms. The Morgan fingerprint density at radius 3 is 2.59 bits per heavy atom. The van der Waals surface area contributed by atoms with Crippen LogP contribution < -0.4 is 20.5 Å². The summed E-state index contributed by atoms with van der Waals surface area (Å²) >= 11 is 0. The van der Waals surface area contributed by atoms with Crippen LogP contribution in [0.3, 0.4) is 0 Å². The number of amides is 1. The molecular weight excluding hydrogens is 416 g/mol. The highest BCUT2D eigenvalue weighted by atomic mass is 16.7. The van der Waals surface area contributed by atoms with Gasteiger partial charge in [-0.25, -0.2) is 0 Å². The molecule has 2 aromatic carbocycles. The number of rotatable bonds is 9. The molecule has 32 heavy (non-hydrogen) atoms. The zero-order chi connectivity index (χ0) is 23.1. The Bertz CT molecular complexity index is 1200. The molecule has 0 bridgehead atoms. The van der Waals surface area contributed by atoms with Crippen LogP contribution in [0.15, 0.2) is 66.0 Å². The predicted molar refractivity (Wildman–Crippen MR) is 117 cm³/mol. The largest absolute Gasteiger partial charge is 0.506 e. The van der Waals surface area contributed by atoms with E-state index in [1.807, 2.05) is 6.07 Å². The van der Waals surface area contributed by atoms with Crippen LogP contribution in [-0.2, 0) is 9.53 Å². The molecule has 0 atom stereocenters. The average Bonchev–Trinajstić information content (AvgIpc) is 2.79. The summed E-state index contributed by atoms with van der Waals surface area (Å²) in [5.41, 5.74) is -1.26. The molecule has 0 aliphatic rings. The fourth-order valence-corrected chi connectivity index (χ4v) is 2.93. The number of esters is 1. The number of benzene rings is 2. The molecule has 0 aliphatic heterocycles. The lowest BCUT2D eigenvalue weighted by atomic mass is 10.1. The van der Waals surface area contributed by atoms with Crippen molar-refractivity contribution in [1.82, 2.24) is 10.0 Å². The van der Waals surface area contributed by atoms with E-state index in [2.05, 4.69) is 11.9 Å². The lowest BCUT2D eigenvalue weighted by Gasteiger charge is -2.15. The highest BCUT2D eigenvalue weighted by Crippen LogP contribution is 2.31. The third-order valence-corrected chi connectivity index (χ3v) is 4.30. The number of pyridine rings is 1. The van der Waals surface area contributed by atoms with E-state index in [-0.39, 0.29) is 24.1 Å². The van der Waals surface area contributed by atoms with E-state index >= 15 is 0 Å². The van der Waals surface area contributed by atoms with Gasteiger partial charge < -0.3 is 24.7 Å². The molecule has 3 aromatic rings. The van der Waals surface area contributed by atoms with Gasteiger partial charge in [0.2, 0.25) is 0 Å². The molecule has 0 fully saturated rings. The number of aromatic nitrogens is 1. The second kappa shape index (κ2) is 10.2. The predicted octanol–water partition coefficient (Wildman–Crippen LogP) is 2.41. The number of aromatic hydroxyl groups is 1. The van der Waals surface area contributed by atoms with Crippen molar-refractivity contribution in [3.8, 4) is 17.2 Å². The second-order valence-electron chi connectivity index (χ2n) is 6.49. The first-order valence-corrected chi connectivity index (χ1v) is 9.78. The van der Waals surface area contributed by atoms with Crippen molar-refractivity contribution < 1.29 is 29.0 Å². The summed E-state index contributed by atoms with van der Waals surface area (Å²) in [6.45, 7) is 4.83. The first kappa shape index (κ1) is 22.4. The molecule has 0 spiro atoms. The fourth-order valence-electron chi connectivity index (χ4n) is 2.93. The van der Waals surface area contributed by atoms with E-state index in [0.717, 1.165) is 4.73 Å². The fraction of sp³-hybridized carbons (Fsp3) is 0.174. The molecule has 9 nitrogen and oxygen atoms in total. The van der Waals surface area contributed by atoms with Crippen molar-refractivity contribution in [2.75, 3.05) is 19.8 Å². The standard InChI is InChI=1S/C23H22N2O7/c1-3-12-31-25-18-11-10-16(32-15-8-6-5-7-9-15)13-17(18)21(27)20(23(25)29)22(28)24-14-19(26)30-4-2/h3,5-11,13,27H,1,4,12,14H2,2H3,(H,24,28). The first-order valence-electron chi connectivity index (χ1n) is 9.78. The van der Waals surface area contributed by atoms with E-state index < -0.39 is 35.3 Å². The van der Waals surface area contributed by atoms with Gasteiger partial charge in [-0.2, -0.15) is 0 Å². The molecule has 0 radical (unpaired) electrons. The van der Waals surface area contributed by atoms with Gasteiger partial charge in [0.25, 0.3) is 11.5 Å². The number of hydrogen-bond acceptors (Lipinski definition) is 7. The van der Waals surface area contributed by atoms with Crippen LogP contribution in [0.2, 0.25) is 0 Å². The van der Waals surface area contributed by atoms with E-state index in [9.17, 15) is 19.5 Å². The summed E-state index contributed by atoms with van der Waals surface area (Å²) in [6.07, 6.45) is 1.43. The van der Waals surface area contributed by atoms with Crippen molar-refractivity contribution in [1.29, 1.82) is 0 Å². The van der Waals surface area contributed by atoms with E-state index in [4.69, 9.17) is 14.3 Å². The molecule has 0 unspecified atom stereocenters. The van der Waals surface area contributed by atoms with Crippen molar-refractivity contribution in [3.05, 3.63) is 77.1 Å². The summed E-state index contributed by atoms with van der Waals surface area (Å²) in [7, 11) is 0. The summed E-state index contributed by atoms with van der Waals surface area (Å²) in [5.74, 6) is -1.26. The molecule has 1 amide bonds. The maximum Gasteiger partial charge on any atom is 0.325 e. The van der Waals surface area contributed by atoms with Crippen molar-refractivity contribution in [3.63, 3.8) is 0 Å². The van der Waals surface area contributed by atoms with Gasteiger partial charge in [0.1, 0.15) is 30.4 Å². The zero-order valence-corrected chi connectivity index (χ0v) is 17.4. The van der Waals surface area contributed by atoms with E-state index in [1.54, 1.807) is 37.3 Å². The number of fused-ring (bicyclic) bond motifs is 1. The van der Waals surface area contributed by atoms with Gasteiger partial charge in [0.05, 0.1) is 12.1 Å². The van der Waals surface area contributed by atoms with Gasteiger partial charge in [0.15, 0.2) is 5.56 Å². The number of hydrogen-bond donors (Lipinski definition) is 2. The topological polar surface area (TPSA) is 116 Å². The molecule has 0 saturated carbocycles. The molecular formula is C23H22N2O7. The molecule has 2 N–H and O–H groups in total. The van der Waals surface area contributed by atoms with Crippen LogP contribution in [0.25, 0.3) is 10.9 Å². The Morgan fingerprint density at radius 2 is 1.91 bits per heavy atom. The van der Waals surface area contributed by atoms with Gasteiger partial charge >= 0.3 is 5.97 Å². The minimum atomic E-state index is -0.951. The first-order chi connectivity index (χ1) is 15.5. The summed E-state index contributed by atoms with van der Waals surface area (Å²) < 4.78 is 11.4. The normalized spacial score (nSPS) is 10.4. The van der Waals surface area contributed by atoms with Gasteiger partial charge in [-0.3, -0.25) is 14.4 Å². The minimum Gasteiger partial charge on any atom is -0.506 e. The van der Waals surface area contributed by atoms with Gasteiger partial charge in [-0.1, -0.05) is 30.9 Å². The highest BCUT2D eigenvalue weighted by molar-refractivity contribution is 6.03. The van der Waals surface area contributed by atoms with Gasteiger partial charge in [-0.15, -0.1) is 4.73 Å². The molecule has 1 aromatic heterocycles. The number of carbonyl (C=O) groups is 2. The van der Waals surface area contributed by atoms with E-state index in [0.29, 0.717) is 11.5 Å². The van der Waals surface area contributed by atoms with Crippen LogP contribution in [0.1, 0.15) is 17.3 Å². The number of carbonyl (C=O) groups excluding carboxylic acids is 2. The van der Waals surface area contributed by atoms with Crippen LogP contribution in [0.5, 0.6) is 17.2 Å². The Hall–Kier alpha value is -4.27. The van der Waals surface area contributed by atoms with Crippen LogP contribution in [0, 0.1) is 0 Å². The van der Waals surface area contributed by atoms with Crippen LogP contribution in [0.4, 0.5) is 0 Å². The Labute approximate surface area is 183 Å². The number of nitrogens with one attached hydrogen (secondary N) is 1. The summed E-state index contributed by atoms with van der Waals surface area (Å²) in [6, 6.07) is 13.6. The second-order valence-corrected chi connectivity index (χ2v) is 6.49. The number of para-hydroxylation sites is 1. The smallest absolute Gasteiger partial charge is 0.325 e. The third kappa shape index (κ3) is 4.89. The van der Waals surface area contributed by atoms with Crippen LogP contribution in [-0.4, -0.2) is 41.5 Å². The molecule has 0 aliphatic carbocycles. The summed E-state index contributed by atoms with van der Waals surface area (Å²) in [5, 5.41) is 13.2. The monoisotopic (exact) mass is 438 g/mol. The zero-order valence-electron chi connectivity index (χ0n) is 17.4. The van der Waals surface area contributed by atoms with Crippen molar-refractivity contribution in [2.24, 2.45) is 0 Å². The Morgan fingerprint density at radius 1 is 1.16 bits per heavy atom. The Balaban J connectivity index is 2.07. The number of ether oxygens (including phenoxy) is 2. The van der Waals surface area contributed by atoms with Gasteiger partial charge in [-0.05, 0) is 37.3 Å². The molecule has 1 heterocycles. The van der Waals surface area contributed by atoms with Crippen molar-refractivity contribution in [2.45, 2.75) is 6.92 Å². The maximum atomic E-state index is 12.9. The molecule has 3 rings (SSSR count). The maximum absolute atomic E-state index is 12.9. The molecule has 0 saturated heterocycles. The SMILES string of the molecule is C=CCOn1c(=O)c(C(=O)NCC(=O)OCC)c(O)c2cc(Oc3ccccc3)ccc21. The van der Waals surface area contributed by atoms with Gasteiger partial charge in [0, 0.05) is 5.39 Å². The van der Waals surface area contributed by atoms with Crippen LogP contribution >= 0.6 is 0 Å². The quantitative estimate of drug-likeness (QED) is 0.389. The molecule has 166 valence electrons. The van der Waals surface area contributed by atoms with E-state index in [1.165, 1.54) is 18.2 Å². The third-order valence-electron chi connectivity index (χ3n) is 4.30. The lowest BCUT2D eigenvalue weighted by molar-refractivity contribution is -0.141. The Kier molecular flexibility index (Phi) is 7.12. The summed E-state index contributed by atoms with van der Waals surface area (Å²) in [4.78, 5) is 42.6. The highest BCUT2D eigenvalue weighted by Gasteiger charge is 2.24. The minimum absolute atomic E-state index is 0.0219. The van der Waals surface area contributed by atoms with Crippen molar-refractivity contribution >= 4 is 22.8 Å². The average molecular weight is 438 g/mol. The lowest BCUT2D eigenvalue weighted by Crippen LogP contribution is -2.38. The number of nitrogens with zero attached hydrogens (tertiary/aromatic N) is 1.